The number of carbonyl (C=O) groups excluding carboxylic acids is 1. The standard InChI is InChI=1S/C20H16FNO5/c21-12-3-5-13(6-4-12)26-18-11-25-17-10-14(7-8-15(17)19(18)23)27-20(24)16-2-1-9-22-16/h3-8,10-11,16,22H,1-2,9H2/t16-/m1/s1. The molecule has 4 rings (SSSR count). The van der Waals surface area contributed by atoms with E-state index in [-0.39, 0.29) is 34.2 Å². The predicted molar refractivity (Wildman–Crippen MR) is 95.6 cm³/mol. The molecular formula is C20H16FNO5. The van der Waals surface area contributed by atoms with Gasteiger partial charge in [0, 0.05) is 6.07 Å². The average molecular weight is 369 g/mol. The highest BCUT2D eigenvalue weighted by atomic mass is 19.1. The van der Waals surface area contributed by atoms with Crippen LogP contribution in [0.2, 0.25) is 0 Å². The van der Waals surface area contributed by atoms with Crippen molar-refractivity contribution in [3.05, 3.63) is 64.8 Å². The molecule has 1 atom stereocenters. The van der Waals surface area contributed by atoms with Crippen LogP contribution in [0, 0.1) is 5.82 Å². The molecule has 6 nitrogen and oxygen atoms in total. The maximum Gasteiger partial charge on any atom is 0.328 e. The van der Waals surface area contributed by atoms with Gasteiger partial charge in [0.1, 0.15) is 35.2 Å². The molecule has 27 heavy (non-hydrogen) atoms. The molecule has 1 N–H and O–H groups in total. The zero-order valence-corrected chi connectivity index (χ0v) is 14.2. The van der Waals surface area contributed by atoms with Gasteiger partial charge in [-0.05, 0) is 55.8 Å². The second kappa shape index (κ2) is 7.20. The van der Waals surface area contributed by atoms with Crippen LogP contribution < -0.4 is 20.2 Å². The summed E-state index contributed by atoms with van der Waals surface area (Å²) < 4.78 is 29.2. The highest BCUT2D eigenvalue weighted by molar-refractivity contribution is 5.82. The van der Waals surface area contributed by atoms with Crippen LogP contribution in [0.25, 0.3) is 11.0 Å². The van der Waals surface area contributed by atoms with Crippen molar-refractivity contribution >= 4 is 16.9 Å². The number of rotatable bonds is 4. The monoisotopic (exact) mass is 369 g/mol. The van der Waals surface area contributed by atoms with Crippen molar-refractivity contribution in [2.45, 2.75) is 18.9 Å². The Morgan fingerprint density at radius 3 is 2.67 bits per heavy atom. The molecule has 0 spiro atoms. The van der Waals surface area contributed by atoms with E-state index in [0.29, 0.717) is 11.5 Å². The highest BCUT2D eigenvalue weighted by Gasteiger charge is 2.24. The van der Waals surface area contributed by atoms with Crippen LogP contribution >= 0.6 is 0 Å². The molecule has 1 aliphatic rings. The maximum atomic E-state index is 13.0. The minimum Gasteiger partial charge on any atom is -0.460 e. The van der Waals surface area contributed by atoms with Crippen molar-refractivity contribution in [3.63, 3.8) is 0 Å². The molecule has 2 aromatic carbocycles. The molecule has 1 saturated heterocycles. The largest absolute Gasteiger partial charge is 0.460 e. The van der Waals surface area contributed by atoms with Crippen LogP contribution in [0.1, 0.15) is 12.8 Å². The predicted octanol–water partition coefficient (Wildman–Crippen LogP) is 3.38. The van der Waals surface area contributed by atoms with Gasteiger partial charge in [-0.15, -0.1) is 0 Å². The van der Waals surface area contributed by atoms with Crippen LogP contribution in [0.3, 0.4) is 0 Å². The van der Waals surface area contributed by atoms with Gasteiger partial charge in [0.05, 0.1) is 5.39 Å². The normalized spacial score (nSPS) is 16.4. The SMILES string of the molecule is O=C(Oc1ccc2c(=O)c(Oc3ccc(F)cc3)coc2c1)[C@H]1CCCN1. The fourth-order valence-electron chi connectivity index (χ4n) is 2.93. The Hall–Kier alpha value is -3.19. The fraction of sp³-hybridized carbons (Fsp3) is 0.200. The first-order chi connectivity index (χ1) is 13.1. The van der Waals surface area contributed by atoms with Gasteiger partial charge in [-0.3, -0.25) is 4.79 Å². The zero-order chi connectivity index (χ0) is 18.8. The number of fused-ring (bicyclic) bond motifs is 1. The summed E-state index contributed by atoms with van der Waals surface area (Å²) in [6.45, 7) is 0.795. The molecule has 138 valence electrons. The summed E-state index contributed by atoms with van der Waals surface area (Å²) in [6.07, 6.45) is 2.85. The van der Waals surface area contributed by atoms with E-state index in [2.05, 4.69) is 5.32 Å². The Morgan fingerprint density at radius 2 is 1.93 bits per heavy atom. The molecule has 7 heteroatoms. The summed E-state index contributed by atoms with van der Waals surface area (Å²) in [5.74, 6) is -0.156. The molecule has 1 aliphatic heterocycles. The van der Waals surface area contributed by atoms with Crippen LogP contribution in [0.15, 0.2) is 57.9 Å². The lowest BCUT2D eigenvalue weighted by molar-refractivity contribution is -0.136. The second-order valence-electron chi connectivity index (χ2n) is 6.21. The van der Waals surface area contributed by atoms with Gasteiger partial charge in [-0.2, -0.15) is 0 Å². The lowest BCUT2D eigenvalue weighted by Crippen LogP contribution is -2.34. The Balaban J connectivity index is 1.57. The molecule has 1 fully saturated rings. The molecule has 0 aliphatic carbocycles. The van der Waals surface area contributed by atoms with Crippen molar-refractivity contribution in [2.24, 2.45) is 0 Å². The van der Waals surface area contributed by atoms with E-state index < -0.39 is 5.82 Å². The number of hydrogen-bond donors (Lipinski definition) is 1. The van der Waals surface area contributed by atoms with Gasteiger partial charge < -0.3 is 19.2 Å². The minimum absolute atomic E-state index is 0.0194. The highest BCUT2D eigenvalue weighted by Crippen LogP contribution is 2.24. The van der Waals surface area contributed by atoms with Gasteiger partial charge in [-0.1, -0.05) is 0 Å². The third-order valence-electron chi connectivity index (χ3n) is 4.32. The van der Waals surface area contributed by atoms with E-state index in [1.165, 1.54) is 48.7 Å². The molecule has 0 amide bonds. The van der Waals surface area contributed by atoms with E-state index in [1.807, 2.05) is 0 Å². The lowest BCUT2D eigenvalue weighted by atomic mass is 10.2. The van der Waals surface area contributed by atoms with Crippen LogP contribution in [-0.2, 0) is 4.79 Å². The van der Waals surface area contributed by atoms with Crippen molar-refractivity contribution in [3.8, 4) is 17.2 Å². The number of benzene rings is 2. The maximum absolute atomic E-state index is 13.0. The zero-order valence-electron chi connectivity index (χ0n) is 14.2. The molecule has 0 radical (unpaired) electrons. The van der Waals surface area contributed by atoms with E-state index in [9.17, 15) is 14.0 Å². The summed E-state index contributed by atoms with van der Waals surface area (Å²) in [4.78, 5) is 24.6. The van der Waals surface area contributed by atoms with Crippen molar-refractivity contribution in [1.29, 1.82) is 0 Å². The van der Waals surface area contributed by atoms with Crippen molar-refractivity contribution < 1.29 is 23.1 Å². The molecule has 0 saturated carbocycles. The summed E-state index contributed by atoms with van der Waals surface area (Å²) in [6, 6.07) is 9.54. The fourth-order valence-corrected chi connectivity index (χ4v) is 2.93. The number of hydrogen-bond acceptors (Lipinski definition) is 6. The molecule has 1 aromatic heterocycles. The first kappa shape index (κ1) is 17.2. The van der Waals surface area contributed by atoms with E-state index in [4.69, 9.17) is 13.9 Å². The van der Waals surface area contributed by atoms with Crippen molar-refractivity contribution in [2.75, 3.05) is 6.54 Å². The Labute approximate surface area is 153 Å². The van der Waals surface area contributed by atoms with Gasteiger partial charge >= 0.3 is 5.97 Å². The van der Waals surface area contributed by atoms with Crippen LogP contribution in [0.5, 0.6) is 17.2 Å². The number of carbonyl (C=O) groups is 1. The first-order valence-corrected chi connectivity index (χ1v) is 8.54. The summed E-state index contributed by atoms with van der Waals surface area (Å²) in [5, 5.41) is 3.35. The lowest BCUT2D eigenvalue weighted by Gasteiger charge is -2.10. The minimum atomic E-state index is -0.400. The summed E-state index contributed by atoms with van der Waals surface area (Å²) in [5.41, 5.74) is -0.105. The third kappa shape index (κ3) is 3.68. The molecular weight excluding hydrogens is 353 g/mol. The van der Waals surface area contributed by atoms with Crippen LogP contribution in [-0.4, -0.2) is 18.6 Å². The molecule has 0 bridgehead atoms. The first-order valence-electron chi connectivity index (χ1n) is 8.54. The Kier molecular flexibility index (Phi) is 4.60. The Morgan fingerprint density at radius 1 is 1.15 bits per heavy atom. The van der Waals surface area contributed by atoms with Gasteiger partial charge in [0.25, 0.3) is 0 Å². The second-order valence-corrected chi connectivity index (χ2v) is 6.21. The number of esters is 1. The third-order valence-corrected chi connectivity index (χ3v) is 4.32. The average Bonchev–Trinajstić information content (AvgIpc) is 3.21. The van der Waals surface area contributed by atoms with Gasteiger partial charge in [-0.25, -0.2) is 9.18 Å². The van der Waals surface area contributed by atoms with E-state index in [0.717, 1.165) is 19.4 Å². The van der Waals surface area contributed by atoms with Crippen molar-refractivity contribution in [1.82, 2.24) is 5.32 Å². The quantitative estimate of drug-likeness (QED) is 0.561. The van der Waals surface area contributed by atoms with E-state index >= 15 is 0 Å². The summed E-state index contributed by atoms with van der Waals surface area (Å²) in [7, 11) is 0. The Bertz CT molecular complexity index is 1040. The molecule has 3 aromatic rings. The van der Waals surface area contributed by atoms with E-state index in [1.54, 1.807) is 0 Å². The van der Waals surface area contributed by atoms with Gasteiger partial charge in [0.2, 0.25) is 11.2 Å². The number of halogens is 1. The topological polar surface area (TPSA) is 77.8 Å². The molecule has 0 unspecified atom stereocenters. The smallest absolute Gasteiger partial charge is 0.328 e. The van der Waals surface area contributed by atoms with Gasteiger partial charge in [0.15, 0.2) is 0 Å². The van der Waals surface area contributed by atoms with Crippen LogP contribution in [0.4, 0.5) is 4.39 Å². The summed E-state index contributed by atoms with van der Waals surface area (Å²) >= 11 is 0. The number of nitrogens with one attached hydrogen (secondary N) is 1. The number of ether oxygens (including phenoxy) is 2. The molecule has 2 heterocycles.